The van der Waals surface area contributed by atoms with Gasteiger partial charge in [-0.1, -0.05) is 29.8 Å². The van der Waals surface area contributed by atoms with Crippen LogP contribution in [0, 0.1) is 0 Å². The van der Waals surface area contributed by atoms with E-state index >= 15 is 0 Å². The monoisotopic (exact) mass is 357 g/mol. The van der Waals surface area contributed by atoms with E-state index in [1.54, 1.807) is 25.6 Å². The quantitative estimate of drug-likeness (QED) is 0.591. The molecule has 24 heavy (non-hydrogen) atoms. The van der Waals surface area contributed by atoms with Crippen LogP contribution in [0.5, 0.6) is 11.5 Å². The molecule has 0 aliphatic rings. The molecule has 0 atom stereocenters. The van der Waals surface area contributed by atoms with Crippen LogP contribution in [0.25, 0.3) is 23.4 Å². The van der Waals surface area contributed by atoms with E-state index in [4.69, 9.17) is 21.1 Å². The first kappa shape index (κ1) is 16.6. The lowest BCUT2D eigenvalue weighted by molar-refractivity contribution is 0.355. The number of hydrogen-bond acceptors (Lipinski definition) is 4. The largest absolute Gasteiger partial charge is 0.493 e. The van der Waals surface area contributed by atoms with Crippen LogP contribution in [-0.2, 0) is 0 Å². The van der Waals surface area contributed by atoms with Crippen molar-refractivity contribution in [3.63, 3.8) is 0 Å². The molecule has 3 aromatic rings. The van der Waals surface area contributed by atoms with Crippen molar-refractivity contribution in [2.75, 3.05) is 14.2 Å². The summed E-state index contributed by atoms with van der Waals surface area (Å²) in [5.41, 5.74) is 2.99. The first-order valence-corrected chi connectivity index (χ1v) is 8.57. The van der Waals surface area contributed by atoms with Crippen LogP contribution in [0.3, 0.4) is 0 Å². The Labute approximate surface area is 150 Å². The SMILES string of the molecule is COc1ccc(-c2csc(/C=C/c3ccc(Cl)cc3)n2)cc1OC. The summed E-state index contributed by atoms with van der Waals surface area (Å²) in [5.74, 6) is 1.40. The Hall–Kier alpha value is -2.30. The topological polar surface area (TPSA) is 31.4 Å². The molecule has 0 bridgehead atoms. The molecule has 0 amide bonds. The molecule has 1 aromatic heterocycles. The van der Waals surface area contributed by atoms with Gasteiger partial charge in [0.05, 0.1) is 19.9 Å². The molecule has 0 N–H and O–H groups in total. The molecule has 0 aliphatic carbocycles. The third-order valence-electron chi connectivity index (χ3n) is 3.49. The molecular formula is C19H16ClNO2S. The molecular weight excluding hydrogens is 342 g/mol. The average Bonchev–Trinajstić information content (AvgIpc) is 3.09. The van der Waals surface area contributed by atoms with Crippen molar-refractivity contribution in [3.8, 4) is 22.8 Å². The van der Waals surface area contributed by atoms with E-state index in [-0.39, 0.29) is 0 Å². The summed E-state index contributed by atoms with van der Waals surface area (Å²) >= 11 is 7.49. The first-order chi connectivity index (χ1) is 11.7. The number of halogens is 1. The maximum atomic E-state index is 5.89. The van der Waals surface area contributed by atoms with Crippen molar-refractivity contribution in [1.82, 2.24) is 4.98 Å². The lowest BCUT2D eigenvalue weighted by Gasteiger charge is -2.08. The van der Waals surface area contributed by atoms with E-state index in [0.29, 0.717) is 11.5 Å². The Kier molecular flexibility index (Phi) is 5.18. The highest BCUT2D eigenvalue weighted by Crippen LogP contribution is 2.32. The molecule has 2 aromatic carbocycles. The lowest BCUT2D eigenvalue weighted by atomic mass is 10.1. The van der Waals surface area contributed by atoms with Gasteiger partial charge in [0.25, 0.3) is 0 Å². The number of hydrogen-bond donors (Lipinski definition) is 0. The number of rotatable bonds is 5. The van der Waals surface area contributed by atoms with Gasteiger partial charge in [0.2, 0.25) is 0 Å². The van der Waals surface area contributed by atoms with E-state index in [0.717, 1.165) is 26.9 Å². The number of nitrogens with zero attached hydrogens (tertiary/aromatic N) is 1. The van der Waals surface area contributed by atoms with Crippen LogP contribution in [0.15, 0.2) is 47.8 Å². The van der Waals surface area contributed by atoms with Gasteiger partial charge in [-0.2, -0.15) is 0 Å². The summed E-state index contributed by atoms with van der Waals surface area (Å²) in [6, 6.07) is 13.5. The predicted molar refractivity (Wildman–Crippen MR) is 101 cm³/mol. The zero-order valence-corrected chi connectivity index (χ0v) is 14.9. The maximum Gasteiger partial charge on any atom is 0.161 e. The Morgan fingerprint density at radius 1 is 0.958 bits per heavy atom. The Bertz CT molecular complexity index is 856. The minimum atomic E-state index is 0.696. The standard InChI is InChI=1S/C19H16ClNO2S/c1-22-17-9-6-14(11-18(17)23-2)16-12-24-19(21-16)10-5-13-3-7-15(20)8-4-13/h3-12H,1-2H3/b10-5+. The highest BCUT2D eigenvalue weighted by atomic mass is 35.5. The van der Waals surface area contributed by atoms with E-state index < -0.39 is 0 Å². The van der Waals surface area contributed by atoms with Crippen molar-refractivity contribution in [3.05, 3.63) is 63.4 Å². The second kappa shape index (κ2) is 7.51. The van der Waals surface area contributed by atoms with Gasteiger partial charge in [0, 0.05) is 16.0 Å². The number of methoxy groups -OCH3 is 2. The minimum absolute atomic E-state index is 0.696. The Morgan fingerprint density at radius 3 is 2.42 bits per heavy atom. The summed E-state index contributed by atoms with van der Waals surface area (Å²) in [6.45, 7) is 0. The Balaban J connectivity index is 1.81. The second-order valence-electron chi connectivity index (χ2n) is 5.03. The normalized spacial score (nSPS) is 11.0. The fourth-order valence-electron chi connectivity index (χ4n) is 2.23. The summed E-state index contributed by atoms with van der Waals surface area (Å²) in [5, 5.41) is 3.70. The molecule has 0 fully saturated rings. The third kappa shape index (κ3) is 3.78. The molecule has 0 aliphatic heterocycles. The van der Waals surface area contributed by atoms with E-state index in [9.17, 15) is 0 Å². The van der Waals surface area contributed by atoms with Crippen molar-refractivity contribution >= 4 is 35.1 Å². The van der Waals surface area contributed by atoms with E-state index in [1.165, 1.54) is 0 Å². The zero-order chi connectivity index (χ0) is 16.9. The first-order valence-electron chi connectivity index (χ1n) is 7.31. The van der Waals surface area contributed by atoms with Gasteiger partial charge in [0.15, 0.2) is 11.5 Å². The van der Waals surface area contributed by atoms with Crippen LogP contribution in [0.4, 0.5) is 0 Å². The van der Waals surface area contributed by atoms with E-state index in [1.807, 2.05) is 60.0 Å². The number of thiazole rings is 1. The van der Waals surface area contributed by atoms with Gasteiger partial charge in [-0.15, -0.1) is 11.3 Å². The average molecular weight is 358 g/mol. The molecule has 122 valence electrons. The minimum Gasteiger partial charge on any atom is -0.493 e. The molecule has 0 saturated carbocycles. The smallest absolute Gasteiger partial charge is 0.161 e. The van der Waals surface area contributed by atoms with Gasteiger partial charge in [-0.05, 0) is 42.0 Å². The highest BCUT2D eigenvalue weighted by molar-refractivity contribution is 7.10. The lowest BCUT2D eigenvalue weighted by Crippen LogP contribution is -1.90. The van der Waals surface area contributed by atoms with Gasteiger partial charge in [0.1, 0.15) is 5.01 Å². The third-order valence-corrected chi connectivity index (χ3v) is 4.55. The van der Waals surface area contributed by atoms with Crippen molar-refractivity contribution in [2.24, 2.45) is 0 Å². The van der Waals surface area contributed by atoms with Crippen LogP contribution in [-0.4, -0.2) is 19.2 Å². The van der Waals surface area contributed by atoms with Crippen LogP contribution >= 0.6 is 22.9 Å². The molecule has 0 spiro atoms. The van der Waals surface area contributed by atoms with Gasteiger partial charge in [-0.3, -0.25) is 0 Å². The number of ether oxygens (including phenoxy) is 2. The molecule has 5 heteroatoms. The molecule has 0 radical (unpaired) electrons. The fourth-order valence-corrected chi connectivity index (χ4v) is 3.08. The van der Waals surface area contributed by atoms with Gasteiger partial charge < -0.3 is 9.47 Å². The fraction of sp³-hybridized carbons (Fsp3) is 0.105. The van der Waals surface area contributed by atoms with Gasteiger partial charge >= 0.3 is 0 Å². The van der Waals surface area contributed by atoms with E-state index in [2.05, 4.69) is 4.98 Å². The molecule has 0 saturated heterocycles. The van der Waals surface area contributed by atoms with Crippen molar-refractivity contribution < 1.29 is 9.47 Å². The Morgan fingerprint density at radius 2 is 1.71 bits per heavy atom. The van der Waals surface area contributed by atoms with Gasteiger partial charge in [-0.25, -0.2) is 4.98 Å². The molecule has 1 heterocycles. The molecule has 3 nitrogen and oxygen atoms in total. The van der Waals surface area contributed by atoms with Crippen molar-refractivity contribution in [2.45, 2.75) is 0 Å². The summed E-state index contributed by atoms with van der Waals surface area (Å²) < 4.78 is 10.6. The summed E-state index contributed by atoms with van der Waals surface area (Å²) in [6.07, 6.45) is 4.02. The maximum absolute atomic E-state index is 5.89. The highest BCUT2D eigenvalue weighted by Gasteiger charge is 2.08. The predicted octanol–water partition coefficient (Wildman–Crippen LogP) is 5.65. The zero-order valence-electron chi connectivity index (χ0n) is 13.3. The van der Waals surface area contributed by atoms with Crippen LogP contribution < -0.4 is 9.47 Å². The van der Waals surface area contributed by atoms with Crippen molar-refractivity contribution in [1.29, 1.82) is 0 Å². The summed E-state index contributed by atoms with van der Waals surface area (Å²) in [4.78, 5) is 4.65. The summed E-state index contributed by atoms with van der Waals surface area (Å²) in [7, 11) is 3.25. The molecule has 3 rings (SSSR count). The second-order valence-corrected chi connectivity index (χ2v) is 6.35. The molecule has 0 unspecified atom stereocenters. The number of benzene rings is 2. The van der Waals surface area contributed by atoms with Crippen LogP contribution in [0.1, 0.15) is 10.6 Å². The van der Waals surface area contributed by atoms with Crippen LogP contribution in [0.2, 0.25) is 5.02 Å². The number of aromatic nitrogens is 1.